The maximum Gasteiger partial charge on any atom is 0.255 e. The first kappa shape index (κ1) is 10.3. The molecule has 3 N–H and O–H groups in total. The first-order valence-corrected chi connectivity index (χ1v) is 3.32. The smallest absolute Gasteiger partial charge is 0.255 e. The van der Waals surface area contributed by atoms with E-state index in [-0.39, 0.29) is 12.5 Å². The van der Waals surface area contributed by atoms with Crippen molar-refractivity contribution in [3.63, 3.8) is 0 Å². The van der Waals surface area contributed by atoms with Crippen LogP contribution < -0.4 is 11.1 Å². The third-order valence-corrected chi connectivity index (χ3v) is 0.961. The van der Waals surface area contributed by atoms with Gasteiger partial charge in [0.25, 0.3) is 6.43 Å². The molecule has 0 aliphatic heterocycles. The molecule has 0 heterocycles. The number of rotatable bonds is 4. The van der Waals surface area contributed by atoms with Crippen LogP contribution in [-0.4, -0.2) is 24.9 Å². The molecular weight excluding hydrogens is 154 g/mol. The molecule has 1 unspecified atom stereocenters. The molecule has 0 fully saturated rings. The van der Waals surface area contributed by atoms with Crippen LogP contribution in [-0.2, 0) is 4.79 Å². The van der Waals surface area contributed by atoms with E-state index in [1.165, 1.54) is 0 Å². The highest BCUT2D eigenvalue weighted by molar-refractivity contribution is 5.76. The van der Waals surface area contributed by atoms with Crippen LogP contribution in [0.25, 0.3) is 0 Å². The molecule has 0 aromatic heterocycles. The molecule has 0 aliphatic rings. The Bertz CT molecular complexity index is 128. The average molecular weight is 166 g/mol. The average Bonchev–Trinajstić information content (AvgIpc) is 1.82. The van der Waals surface area contributed by atoms with Crippen molar-refractivity contribution >= 4 is 5.91 Å². The molecule has 0 rings (SSSR count). The molecule has 0 aromatic rings. The van der Waals surface area contributed by atoms with Gasteiger partial charge >= 0.3 is 0 Å². The lowest BCUT2D eigenvalue weighted by atomic mass is 10.2. The number of nitrogens with two attached hydrogens (primary N) is 1. The monoisotopic (exact) mass is 166 g/mol. The molecule has 1 amide bonds. The van der Waals surface area contributed by atoms with E-state index >= 15 is 0 Å². The number of hydrogen-bond acceptors (Lipinski definition) is 2. The van der Waals surface area contributed by atoms with Gasteiger partial charge in [-0.05, 0) is 6.92 Å². The Morgan fingerprint density at radius 3 is 2.55 bits per heavy atom. The van der Waals surface area contributed by atoms with Crippen molar-refractivity contribution in [3.8, 4) is 0 Å². The van der Waals surface area contributed by atoms with Crippen LogP contribution in [0.5, 0.6) is 0 Å². The fourth-order valence-corrected chi connectivity index (χ4v) is 0.556. The number of amides is 1. The second-order valence-electron chi connectivity index (χ2n) is 2.38. The molecule has 0 spiro atoms. The van der Waals surface area contributed by atoms with Crippen molar-refractivity contribution in [2.45, 2.75) is 25.8 Å². The topological polar surface area (TPSA) is 55.1 Å². The highest BCUT2D eigenvalue weighted by Gasteiger charge is 2.07. The minimum absolute atomic E-state index is 0.0900. The first-order valence-electron chi connectivity index (χ1n) is 3.32. The van der Waals surface area contributed by atoms with Crippen LogP contribution >= 0.6 is 0 Å². The first-order chi connectivity index (χ1) is 5.02. The van der Waals surface area contributed by atoms with Gasteiger partial charge in [-0.3, -0.25) is 4.79 Å². The summed E-state index contributed by atoms with van der Waals surface area (Å²) in [5.41, 5.74) is 5.25. The highest BCUT2D eigenvalue weighted by atomic mass is 19.3. The third-order valence-electron chi connectivity index (χ3n) is 0.961. The van der Waals surface area contributed by atoms with Gasteiger partial charge in [-0.1, -0.05) is 0 Å². The van der Waals surface area contributed by atoms with Gasteiger partial charge in [-0.2, -0.15) is 0 Å². The molecule has 66 valence electrons. The quantitative estimate of drug-likeness (QED) is 0.622. The van der Waals surface area contributed by atoms with Crippen molar-refractivity contribution in [1.82, 2.24) is 5.32 Å². The summed E-state index contributed by atoms with van der Waals surface area (Å²) in [5.74, 6) is -0.430. The summed E-state index contributed by atoms with van der Waals surface area (Å²) in [6, 6.07) is -0.285. The zero-order valence-electron chi connectivity index (χ0n) is 6.31. The molecule has 0 aromatic carbocycles. The second kappa shape index (κ2) is 5.01. The largest absolute Gasteiger partial charge is 0.350 e. The van der Waals surface area contributed by atoms with Crippen LogP contribution in [0, 0.1) is 0 Å². The van der Waals surface area contributed by atoms with Crippen molar-refractivity contribution in [3.05, 3.63) is 0 Å². The number of halogens is 2. The highest BCUT2D eigenvalue weighted by Crippen LogP contribution is 1.90. The lowest BCUT2D eigenvalue weighted by molar-refractivity contribution is -0.121. The number of carbonyl (C=O) groups excluding carboxylic acids is 1. The van der Waals surface area contributed by atoms with Crippen LogP contribution in [0.4, 0.5) is 8.78 Å². The summed E-state index contributed by atoms with van der Waals surface area (Å²) in [7, 11) is 0. The van der Waals surface area contributed by atoms with Gasteiger partial charge in [0.2, 0.25) is 5.91 Å². The Morgan fingerprint density at radius 1 is 1.64 bits per heavy atom. The number of hydrogen-bond donors (Lipinski definition) is 2. The number of carbonyl (C=O) groups is 1. The van der Waals surface area contributed by atoms with Gasteiger partial charge in [0, 0.05) is 12.5 Å². The van der Waals surface area contributed by atoms with Crippen LogP contribution in [0.2, 0.25) is 0 Å². The van der Waals surface area contributed by atoms with Gasteiger partial charge in [-0.15, -0.1) is 0 Å². The minimum atomic E-state index is -2.49. The van der Waals surface area contributed by atoms with Gasteiger partial charge in [0.1, 0.15) is 0 Å². The van der Waals surface area contributed by atoms with E-state index in [1.54, 1.807) is 6.92 Å². The lowest BCUT2D eigenvalue weighted by Gasteiger charge is -2.05. The van der Waals surface area contributed by atoms with E-state index in [2.05, 4.69) is 0 Å². The molecule has 1 atom stereocenters. The molecule has 0 bridgehead atoms. The van der Waals surface area contributed by atoms with Gasteiger partial charge in [0.05, 0.1) is 6.54 Å². The van der Waals surface area contributed by atoms with Gasteiger partial charge in [0.15, 0.2) is 0 Å². The summed E-state index contributed by atoms with van der Waals surface area (Å²) in [6.45, 7) is 1.05. The second-order valence-corrected chi connectivity index (χ2v) is 2.38. The third kappa shape index (κ3) is 7.18. The van der Waals surface area contributed by atoms with E-state index < -0.39 is 18.9 Å². The summed E-state index contributed by atoms with van der Waals surface area (Å²) >= 11 is 0. The van der Waals surface area contributed by atoms with Crippen LogP contribution in [0.15, 0.2) is 0 Å². The molecule has 0 radical (unpaired) electrons. The Hall–Kier alpha value is -0.710. The van der Waals surface area contributed by atoms with Crippen molar-refractivity contribution < 1.29 is 13.6 Å². The summed E-state index contributed by atoms with van der Waals surface area (Å²) in [4.78, 5) is 10.6. The van der Waals surface area contributed by atoms with E-state index in [9.17, 15) is 13.6 Å². The number of alkyl halides is 2. The maximum atomic E-state index is 11.5. The Morgan fingerprint density at radius 2 is 2.18 bits per heavy atom. The molecule has 0 saturated carbocycles. The maximum absolute atomic E-state index is 11.5. The molecule has 0 saturated heterocycles. The van der Waals surface area contributed by atoms with Gasteiger partial charge in [-0.25, -0.2) is 8.78 Å². The van der Waals surface area contributed by atoms with Gasteiger partial charge < -0.3 is 11.1 Å². The number of nitrogens with one attached hydrogen (secondary N) is 1. The summed E-state index contributed by atoms with van der Waals surface area (Å²) in [6.07, 6.45) is -2.40. The normalized spacial score (nSPS) is 13.2. The van der Waals surface area contributed by atoms with E-state index in [1.807, 2.05) is 5.32 Å². The van der Waals surface area contributed by atoms with E-state index in [4.69, 9.17) is 5.73 Å². The molecule has 11 heavy (non-hydrogen) atoms. The summed E-state index contributed by atoms with van der Waals surface area (Å²) < 4.78 is 23.0. The van der Waals surface area contributed by atoms with Crippen molar-refractivity contribution in [2.24, 2.45) is 5.73 Å². The molecule has 5 heteroatoms. The zero-order chi connectivity index (χ0) is 8.85. The fourth-order valence-electron chi connectivity index (χ4n) is 0.556. The van der Waals surface area contributed by atoms with E-state index in [0.717, 1.165) is 0 Å². The summed E-state index contributed by atoms with van der Waals surface area (Å²) in [5, 5.41) is 2.04. The van der Waals surface area contributed by atoms with E-state index in [0.29, 0.717) is 0 Å². The van der Waals surface area contributed by atoms with Crippen molar-refractivity contribution in [1.29, 1.82) is 0 Å². The Labute approximate surface area is 63.9 Å². The molecular formula is C6H12F2N2O. The molecule has 3 nitrogen and oxygen atoms in total. The van der Waals surface area contributed by atoms with Crippen LogP contribution in [0.1, 0.15) is 13.3 Å². The predicted octanol–water partition coefficient (Wildman–Crippen LogP) is 0.105. The Kier molecular flexibility index (Phi) is 4.69. The predicted molar refractivity (Wildman–Crippen MR) is 37.3 cm³/mol. The molecule has 0 aliphatic carbocycles. The zero-order valence-corrected chi connectivity index (χ0v) is 6.31. The van der Waals surface area contributed by atoms with Crippen LogP contribution in [0.3, 0.4) is 0 Å². The standard InChI is InChI=1S/C6H12F2N2O/c1-4(9)2-6(11)10-3-5(7)8/h4-5H,2-3,9H2,1H3,(H,10,11). The minimum Gasteiger partial charge on any atom is -0.350 e. The Balaban J connectivity index is 3.38. The van der Waals surface area contributed by atoms with Crippen molar-refractivity contribution in [2.75, 3.05) is 6.54 Å². The SMILES string of the molecule is CC(N)CC(=O)NCC(F)F. The fraction of sp³-hybridized carbons (Fsp3) is 0.833. The lowest BCUT2D eigenvalue weighted by Crippen LogP contribution is -2.32.